The van der Waals surface area contributed by atoms with Crippen LogP contribution in [-0.4, -0.2) is 56.2 Å². The molecule has 2 aliphatic heterocycles. The Morgan fingerprint density at radius 3 is 2.71 bits per heavy atom. The van der Waals surface area contributed by atoms with E-state index < -0.39 is 27.8 Å². The van der Waals surface area contributed by atoms with E-state index in [1.165, 1.54) is 34.9 Å². The molecule has 186 valence electrons. The summed E-state index contributed by atoms with van der Waals surface area (Å²) in [7, 11) is -2.47. The van der Waals surface area contributed by atoms with Gasteiger partial charge in [0.25, 0.3) is 15.9 Å². The fourth-order valence-corrected chi connectivity index (χ4v) is 8.21. The van der Waals surface area contributed by atoms with Crippen LogP contribution < -0.4 is 14.3 Å². The van der Waals surface area contributed by atoms with Crippen molar-refractivity contribution in [1.29, 1.82) is 0 Å². The summed E-state index contributed by atoms with van der Waals surface area (Å²) in [6.07, 6.45) is 1.04. The first-order valence-electron chi connectivity index (χ1n) is 10.6. The molecular formula is C21H20ClN3O7S3. The molecule has 10 nitrogen and oxygen atoms in total. The summed E-state index contributed by atoms with van der Waals surface area (Å²) >= 11 is 8.13. The molecule has 35 heavy (non-hydrogen) atoms. The molecule has 1 amide bonds. The minimum Gasteiger partial charge on any atom is -0.468 e. The lowest BCUT2D eigenvalue weighted by Crippen LogP contribution is -2.42. The monoisotopic (exact) mass is 557 g/mol. The number of thiazole rings is 1. The van der Waals surface area contributed by atoms with Gasteiger partial charge in [-0.1, -0.05) is 22.9 Å². The Bertz CT molecular complexity index is 1490. The number of nitrogens with zero attached hydrogens (tertiary/aromatic N) is 3. The van der Waals surface area contributed by atoms with Crippen molar-refractivity contribution in [3.63, 3.8) is 0 Å². The van der Waals surface area contributed by atoms with E-state index in [2.05, 4.69) is 4.99 Å². The number of thiophene rings is 1. The first kappa shape index (κ1) is 24.3. The first-order chi connectivity index (χ1) is 16.8. The Hall–Kier alpha value is -2.45. The van der Waals surface area contributed by atoms with Crippen molar-refractivity contribution in [3.05, 3.63) is 33.4 Å². The molecule has 1 fully saturated rings. The Morgan fingerprint density at radius 2 is 2.00 bits per heavy atom. The molecule has 5 rings (SSSR count). The molecule has 2 aromatic heterocycles. The zero-order chi connectivity index (χ0) is 24.7. The molecule has 1 unspecified atom stereocenters. The molecule has 4 heterocycles. The van der Waals surface area contributed by atoms with E-state index in [4.69, 9.17) is 25.8 Å². The van der Waals surface area contributed by atoms with Gasteiger partial charge in [0.15, 0.2) is 16.3 Å². The van der Waals surface area contributed by atoms with Crippen LogP contribution in [0.25, 0.3) is 10.2 Å². The van der Waals surface area contributed by atoms with Crippen molar-refractivity contribution in [2.75, 3.05) is 27.0 Å². The summed E-state index contributed by atoms with van der Waals surface area (Å²) in [6, 6.07) is 6.52. The van der Waals surface area contributed by atoms with Crippen LogP contribution in [0.1, 0.15) is 12.8 Å². The summed E-state index contributed by atoms with van der Waals surface area (Å²) in [5.74, 6) is -0.445. The molecule has 0 aliphatic carbocycles. The van der Waals surface area contributed by atoms with E-state index in [9.17, 15) is 18.0 Å². The van der Waals surface area contributed by atoms with E-state index in [1.54, 1.807) is 16.7 Å². The highest BCUT2D eigenvalue weighted by Gasteiger charge is 2.34. The van der Waals surface area contributed by atoms with Gasteiger partial charge in [-0.3, -0.25) is 9.59 Å². The number of fused-ring (bicyclic) bond motifs is 2. The highest BCUT2D eigenvalue weighted by molar-refractivity contribution is 7.91. The lowest BCUT2D eigenvalue weighted by Gasteiger charge is -2.29. The topological polar surface area (TPSA) is 116 Å². The maximum atomic E-state index is 13.2. The van der Waals surface area contributed by atoms with Crippen molar-refractivity contribution < 1.29 is 32.2 Å². The third-order valence-electron chi connectivity index (χ3n) is 5.77. The molecule has 1 atom stereocenters. The SMILES string of the molecule is COC(=O)Cn1c(=NC(=O)C2CCCN(S(=O)(=O)c3ccc(Cl)s3)C2)sc2cc3c(cc21)OCO3. The second-order valence-corrected chi connectivity index (χ2v) is 12.8. The minimum absolute atomic E-state index is 0.0259. The second-order valence-electron chi connectivity index (χ2n) is 7.93. The van der Waals surface area contributed by atoms with Gasteiger partial charge in [-0.15, -0.1) is 11.3 Å². The lowest BCUT2D eigenvalue weighted by atomic mass is 9.99. The van der Waals surface area contributed by atoms with Gasteiger partial charge in [0.2, 0.25) is 6.79 Å². The fraction of sp³-hybridized carbons (Fsp3) is 0.381. The van der Waals surface area contributed by atoms with Crippen LogP contribution >= 0.6 is 34.3 Å². The van der Waals surface area contributed by atoms with Gasteiger partial charge in [-0.2, -0.15) is 9.30 Å². The Balaban J connectivity index is 1.47. The molecule has 0 radical (unpaired) electrons. The second kappa shape index (κ2) is 9.54. The number of piperidine rings is 1. The number of hydrogen-bond acceptors (Lipinski definition) is 9. The van der Waals surface area contributed by atoms with E-state index >= 15 is 0 Å². The maximum Gasteiger partial charge on any atom is 0.325 e. The van der Waals surface area contributed by atoms with Crippen LogP contribution in [0, 0.1) is 5.92 Å². The molecule has 2 aliphatic rings. The van der Waals surface area contributed by atoms with Gasteiger partial charge < -0.3 is 18.8 Å². The van der Waals surface area contributed by atoms with Gasteiger partial charge in [0.1, 0.15) is 10.8 Å². The van der Waals surface area contributed by atoms with Crippen LogP contribution in [0.5, 0.6) is 11.5 Å². The largest absolute Gasteiger partial charge is 0.468 e. The predicted molar refractivity (Wildman–Crippen MR) is 129 cm³/mol. The number of benzene rings is 1. The summed E-state index contributed by atoms with van der Waals surface area (Å²) < 4.78 is 45.9. The van der Waals surface area contributed by atoms with Crippen molar-refractivity contribution in [1.82, 2.24) is 8.87 Å². The van der Waals surface area contributed by atoms with Gasteiger partial charge in [0.05, 0.1) is 27.6 Å². The number of methoxy groups -OCH3 is 1. The lowest BCUT2D eigenvalue weighted by molar-refractivity contribution is -0.141. The summed E-state index contributed by atoms with van der Waals surface area (Å²) in [4.78, 5) is 29.9. The number of amides is 1. The Labute approximate surface area is 213 Å². The molecule has 3 aromatic rings. The zero-order valence-corrected chi connectivity index (χ0v) is 21.6. The normalized spacial score (nSPS) is 18.8. The Morgan fingerprint density at radius 1 is 1.23 bits per heavy atom. The average Bonchev–Trinajstić information content (AvgIpc) is 3.57. The Kier molecular flexibility index (Phi) is 6.61. The quantitative estimate of drug-likeness (QED) is 0.443. The third-order valence-corrected chi connectivity index (χ3v) is 10.4. The van der Waals surface area contributed by atoms with E-state index in [-0.39, 0.29) is 24.1 Å². The molecule has 1 saturated heterocycles. The van der Waals surface area contributed by atoms with Crippen LogP contribution in [0.4, 0.5) is 0 Å². The minimum atomic E-state index is -3.75. The maximum absolute atomic E-state index is 13.2. The summed E-state index contributed by atoms with van der Waals surface area (Å²) in [6.45, 7) is 0.307. The van der Waals surface area contributed by atoms with Crippen molar-refractivity contribution in [2.45, 2.75) is 23.6 Å². The fourth-order valence-electron chi connectivity index (χ4n) is 4.00. The molecule has 14 heteroatoms. The van der Waals surface area contributed by atoms with Crippen LogP contribution in [0.3, 0.4) is 0 Å². The van der Waals surface area contributed by atoms with Gasteiger partial charge in [-0.25, -0.2) is 8.42 Å². The van der Waals surface area contributed by atoms with E-state index in [0.717, 1.165) is 16.0 Å². The highest BCUT2D eigenvalue weighted by Crippen LogP contribution is 2.37. The van der Waals surface area contributed by atoms with Gasteiger partial charge >= 0.3 is 5.97 Å². The highest BCUT2D eigenvalue weighted by atomic mass is 35.5. The number of hydrogen-bond donors (Lipinski definition) is 0. The first-order valence-corrected chi connectivity index (χ1v) is 14.0. The number of aromatic nitrogens is 1. The van der Waals surface area contributed by atoms with Crippen molar-refractivity contribution in [2.24, 2.45) is 10.9 Å². The number of carbonyl (C=O) groups is 2. The number of halogens is 1. The standard InChI is InChI=1S/C21H20ClN3O7S3/c1-30-18(26)10-25-13-7-14-15(32-11-31-14)8-16(13)33-21(25)23-20(27)12-3-2-6-24(9-12)35(28,29)19-5-4-17(22)34-19/h4-5,7-8,12H,2-3,6,9-11H2,1H3. The van der Waals surface area contributed by atoms with Gasteiger partial charge in [0, 0.05) is 25.2 Å². The van der Waals surface area contributed by atoms with Gasteiger partial charge in [-0.05, 0) is 25.0 Å². The average molecular weight is 558 g/mol. The summed E-state index contributed by atoms with van der Waals surface area (Å²) in [5.41, 5.74) is 0.652. The smallest absolute Gasteiger partial charge is 0.325 e. The van der Waals surface area contributed by atoms with Crippen LogP contribution in [0.15, 0.2) is 33.5 Å². The van der Waals surface area contributed by atoms with E-state index in [0.29, 0.717) is 45.5 Å². The molecular weight excluding hydrogens is 538 g/mol. The molecule has 0 saturated carbocycles. The van der Waals surface area contributed by atoms with Crippen molar-refractivity contribution in [3.8, 4) is 11.5 Å². The molecule has 0 spiro atoms. The summed E-state index contributed by atoms with van der Waals surface area (Å²) in [5, 5.41) is 0. The third kappa shape index (κ3) is 4.70. The number of sulfonamides is 1. The molecule has 1 aromatic carbocycles. The molecule has 0 N–H and O–H groups in total. The number of ether oxygens (including phenoxy) is 3. The predicted octanol–water partition coefficient (Wildman–Crippen LogP) is 2.85. The number of esters is 1. The van der Waals surface area contributed by atoms with E-state index in [1.807, 2.05) is 0 Å². The van der Waals surface area contributed by atoms with Crippen LogP contribution in [0.2, 0.25) is 4.34 Å². The number of rotatable bonds is 5. The zero-order valence-electron chi connectivity index (χ0n) is 18.4. The van der Waals surface area contributed by atoms with Crippen molar-refractivity contribution >= 4 is 66.4 Å². The number of carbonyl (C=O) groups excluding carboxylic acids is 2. The molecule has 0 bridgehead atoms. The van der Waals surface area contributed by atoms with Crippen LogP contribution in [-0.2, 0) is 30.9 Å².